The van der Waals surface area contributed by atoms with Crippen molar-refractivity contribution >= 4 is 29.0 Å². The third-order valence-corrected chi connectivity index (χ3v) is 5.54. The van der Waals surface area contributed by atoms with Crippen molar-refractivity contribution < 1.29 is 15.0 Å². The van der Waals surface area contributed by atoms with Gasteiger partial charge in [-0.25, -0.2) is 0 Å². The standard InChI is InChI=1S/C24H24N4O4/c1-15-22(24(32)28(27-15)13-5-10-21(29)30)26-25-20-9-4-8-19(23(20)31)18-12-11-16-6-2-3-7-17(16)14-18/h2-4,6-9,14,27,31H,5,10-13H2,1H3,(H,29,30). The van der Waals surface area contributed by atoms with Crippen LogP contribution in [0, 0.1) is 6.92 Å². The smallest absolute Gasteiger partial charge is 0.303 e. The normalized spacial score (nSPS) is 13.2. The molecule has 1 heterocycles. The Morgan fingerprint density at radius 2 is 1.94 bits per heavy atom. The number of aliphatic carboxylic acids is 1. The van der Waals surface area contributed by atoms with Gasteiger partial charge in [0.25, 0.3) is 5.56 Å². The number of phenols is 1. The molecule has 2 aromatic carbocycles. The Morgan fingerprint density at radius 1 is 1.12 bits per heavy atom. The number of phenolic OH excluding ortho intramolecular Hbond substituents is 1. The lowest BCUT2D eigenvalue weighted by Crippen LogP contribution is -2.17. The van der Waals surface area contributed by atoms with Crippen LogP contribution < -0.4 is 5.56 Å². The number of H-pyrrole nitrogens is 1. The Kier molecular flexibility index (Phi) is 6.02. The van der Waals surface area contributed by atoms with Gasteiger partial charge in [0.15, 0.2) is 11.4 Å². The molecule has 1 aromatic heterocycles. The third-order valence-electron chi connectivity index (χ3n) is 5.54. The zero-order chi connectivity index (χ0) is 22.7. The summed E-state index contributed by atoms with van der Waals surface area (Å²) in [6.07, 6.45) is 4.09. The Balaban J connectivity index is 1.59. The van der Waals surface area contributed by atoms with Gasteiger partial charge in [-0.3, -0.25) is 19.4 Å². The fraction of sp³-hybridized carbons (Fsp3) is 0.250. The van der Waals surface area contributed by atoms with E-state index in [-0.39, 0.29) is 35.6 Å². The Hall–Kier alpha value is -3.94. The largest absolute Gasteiger partial charge is 0.505 e. The van der Waals surface area contributed by atoms with Crippen molar-refractivity contribution in [1.82, 2.24) is 9.78 Å². The quantitative estimate of drug-likeness (QED) is 0.457. The summed E-state index contributed by atoms with van der Waals surface area (Å²) in [7, 11) is 0. The van der Waals surface area contributed by atoms with Gasteiger partial charge in [-0.2, -0.15) is 0 Å². The van der Waals surface area contributed by atoms with Crippen molar-refractivity contribution in [2.24, 2.45) is 10.2 Å². The highest BCUT2D eigenvalue weighted by molar-refractivity contribution is 5.88. The van der Waals surface area contributed by atoms with E-state index in [2.05, 4.69) is 33.5 Å². The van der Waals surface area contributed by atoms with Crippen LogP contribution >= 0.6 is 0 Å². The summed E-state index contributed by atoms with van der Waals surface area (Å²) < 4.78 is 1.33. The lowest BCUT2D eigenvalue weighted by atomic mass is 9.88. The molecule has 0 aliphatic heterocycles. The van der Waals surface area contributed by atoms with Crippen LogP contribution in [0.15, 0.2) is 57.5 Å². The number of fused-ring (bicyclic) bond motifs is 1. The maximum absolute atomic E-state index is 12.6. The van der Waals surface area contributed by atoms with E-state index in [9.17, 15) is 14.7 Å². The first-order valence-electron chi connectivity index (χ1n) is 10.5. The minimum Gasteiger partial charge on any atom is -0.505 e. The predicted octanol–water partition coefficient (Wildman–Crippen LogP) is 4.96. The topological polar surface area (TPSA) is 120 Å². The maximum atomic E-state index is 12.6. The molecule has 0 spiro atoms. The second-order valence-corrected chi connectivity index (χ2v) is 7.78. The molecule has 4 rings (SSSR count). The number of aromatic nitrogens is 2. The number of nitrogens with one attached hydrogen (secondary N) is 1. The fourth-order valence-corrected chi connectivity index (χ4v) is 3.88. The number of aromatic amines is 1. The number of benzene rings is 2. The lowest BCUT2D eigenvalue weighted by Gasteiger charge is -2.17. The number of aromatic hydroxyl groups is 1. The van der Waals surface area contributed by atoms with E-state index < -0.39 is 5.97 Å². The van der Waals surface area contributed by atoms with Crippen LogP contribution in [0.2, 0.25) is 0 Å². The summed E-state index contributed by atoms with van der Waals surface area (Å²) in [5.74, 6) is -0.884. The molecule has 3 N–H and O–H groups in total. The molecule has 164 valence electrons. The van der Waals surface area contributed by atoms with Gasteiger partial charge >= 0.3 is 5.97 Å². The minimum atomic E-state index is -0.909. The van der Waals surface area contributed by atoms with Crippen molar-refractivity contribution in [3.8, 4) is 5.75 Å². The summed E-state index contributed by atoms with van der Waals surface area (Å²) in [5, 5.41) is 30.7. The van der Waals surface area contributed by atoms with Gasteiger partial charge in [0.05, 0.1) is 5.69 Å². The number of azo groups is 1. The number of hydrogen-bond acceptors (Lipinski definition) is 5. The number of carboxylic acids is 1. The Morgan fingerprint density at radius 3 is 2.75 bits per heavy atom. The molecular weight excluding hydrogens is 408 g/mol. The first-order chi connectivity index (χ1) is 15.4. The van der Waals surface area contributed by atoms with E-state index >= 15 is 0 Å². The van der Waals surface area contributed by atoms with E-state index in [0.717, 1.165) is 24.0 Å². The molecule has 8 heteroatoms. The summed E-state index contributed by atoms with van der Waals surface area (Å²) in [6.45, 7) is 1.95. The molecule has 3 aromatic rings. The molecule has 1 aliphatic rings. The number of rotatable bonds is 7. The zero-order valence-electron chi connectivity index (χ0n) is 17.7. The molecule has 0 atom stereocenters. The van der Waals surface area contributed by atoms with Crippen LogP contribution in [0.3, 0.4) is 0 Å². The maximum Gasteiger partial charge on any atom is 0.303 e. The second-order valence-electron chi connectivity index (χ2n) is 7.78. The van der Waals surface area contributed by atoms with Crippen molar-refractivity contribution in [3.05, 3.63) is 75.2 Å². The molecule has 0 fully saturated rings. The van der Waals surface area contributed by atoms with Gasteiger partial charge in [0.1, 0.15) is 5.69 Å². The average molecular weight is 432 g/mol. The van der Waals surface area contributed by atoms with Crippen molar-refractivity contribution in [2.45, 2.75) is 39.2 Å². The summed E-state index contributed by atoms with van der Waals surface area (Å²) in [4.78, 5) is 23.2. The number of para-hydroxylation sites is 1. The predicted molar refractivity (Wildman–Crippen MR) is 122 cm³/mol. The second kappa shape index (κ2) is 9.05. The summed E-state index contributed by atoms with van der Waals surface area (Å²) in [5.41, 5.74) is 4.72. The van der Waals surface area contributed by atoms with E-state index in [1.807, 2.05) is 18.2 Å². The van der Waals surface area contributed by atoms with Crippen LogP contribution in [0.5, 0.6) is 5.75 Å². The van der Waals surface area contributed by atoms with Crippen LogP contribution in [0.4, 0.5) is 11.4 Å². The van der Waals surface area contributed by atoms with Gasteiger partial charge in [-0.05, 0) is 49.0 Å². The molecule has 32 heavy (non-hydrogen) atoms. The SMILES string of the molecule is Cc1[nH]n(CCCC(=O)O)c(=O)c1N=Nc1cccc(C2=Cc3ccccc3CC2)c1O. The first-order valence-corrected chi connectivity index (χ1v) is 10.5. The Bertz CT molecular complexity index is 1280. The van der Waals surface area contributed by atoms with Crippen molar-refractivity contribution in [3.63, 3.8) is 0 Å². The van der Waals surface area contributed by atoms with Crippen LogP contribution in [0.25, 0.3) is 11.6 Å². The van der Waals surface area contributed by atoms with E-state index in [4.69, 9.17) is 5.11 Å². The van der Waals surface area contributed by atoms with Crippen molar-refractivity contribution in [1.29, 1.82) is 0 Å². The molecule has 0 saturated heterocycles. The lowest BCUT2D eigenvalue weighted by molar-refractivity contribution is -0.137. The van der Waals surface area contributed by atoms with E-state index in [0.29, 0.717) is 17.7 Å². The number of hydrogen-bond donors (Lipinski definition) is 3. The average Bonchev–Trinajstić information content (AvgIpc) is 3.05. The van der Waals surface area contributed by atoms with Gasteiger partial charge in [0, 0.05) is 18.5 Å². The van der Waals surface area contributed by atoms with Crippen LogP contribution in [-0.2, 0) is 17.8 Å². The molecular formula is C24H24N4O4. The first kappa shape index (κ1) is 21.3. The van der Waals surface area contributed by atoms with Crippen LogP contribution in [0.1, 0.15) is 41.6 Å². The van der Waals surface area contributed by atoms with Gasteiger partial charge in [0.2, 0.25) is 0 Å². The highest BCUT2D eigenvalue weighted by atomic mass is 16.4. The third kappa shape index (κ3) is 4.39. The van der Waals surface area contributed by atoms with Gasteiger partial charge < -0.3 is 10.2 Å². The number of nitrogens with zero attached hydrogens (tertiary/aromatic N) is 3. The molecule has 0 bridgehead atoms. The molecule has 8 nitrogen and oxygen atoms in total. The number of aryl methyl sites for hydroxylation is 3. The number of carboxylic acid groups (broad SMARTS) is 1. The van der Waals surface area contributed by atoms with Crippen LogP contribution in [-0.4, -0.2) is 26.0 Å². The molecule has 1 aliphatic carbocycles. The van der Waals surface area contributed by atoms with Crippen molar-refractivity contribution in [2.75, 3.05) is 0 Å². The highest BCUT2D eigenvalue weighted by Gasteiger charge is 2.17. The Labute approximate surface area is 184 Å². The molecule has 0 unspecified atom stereocenters. The fourth-order valence-electron chi connectivity index (χ4n) is 3.88. The number of allylic oxidation sites excluding steroid dienone is 1. The van der Waals surface area contributed by atoms with Gasteiger partial charge in [-0.15, -0.1) is 10.2 Å². The molecule has 0 amide bonds. The van der Waals surface area contributed by atoms with Gasteiger partial charge in [-0.1, -0.05) is 42.5 Å². The van der Waals surface area contributed by atoms with E-state index in [1.54, 1.807) is 19.1 Å². The van der Waals surface area contributed by atoms with E-state index in [1.165, 1.54) is 10.2 Å². The zero-order valence-corrected chi connectivity index (χ0v) is 17.7. The summed E-state index contributed by atoms with van der Waals surface area (Å²) >= 11 is 0. The molecule has 0 radical (unpaired) electrons. The summed E-state index contributed by atoms with van der Waals surface area (Å²) in [6, 6.07) is 13.5. The molecule has 0 saturated carbocycles. The number of carbonyl (C=O) groups is 1. The highest BCUT2D eigenvalue weighted by Crippen LogP contribution is 2.39. The monoisotopic (exact) mass is 432 g/mol. The minimum absolute atomic E-state index is 0.0249.